The number of benzene rings is 3. The van der Waals surface area contributed by atoms with Crippen molar-refractivity contribution in [1.29, 1.82) is 0 Å². The van der Waals surface area contributed by atoms with Crippen molar-refractivity contribution in [2.45, 2.75) is 30.2 Å². The molecule has 3 aromatic rings. The summed E-state index contributed by atoms with van der Waals surface area (Å²) in [6, 6.07) is 18.8. The molecular weight excluding hydrogens is 502 g/mol. The van der Waals surface area contributed by atoms with E-state index in [9.17, 15) is 18.0 Å². The van der Waals surface area contributed by atoms with Crippen LogP contribution in [0.3, 0.4) is 0 Å². The molecule has 196 valence electrons. The van der Waals surface area contributed by atoms with Crippen molar-refractivity contribution >= 4 is 27.5 Å². The summed E-state index contributed by atoms with van der Waals surface area (Å²) in [4.78, 5) is 24.7. The normalized spacial score (nSPS) is 16.1. The summed E-state index contributed by atoms with van der Waals surface area (Å²) in [6.45, 7) is 4.81. The molecule has 0 fully saturated rings. The lowest BCUT2D eigenvalue weighted by molar-refractivity contribution is -0.117. The zero-order valence-electron chi connectivity index (χ0n) is 20.9. The largest absolute Gasteiger partial charge is 0.493 e. The molecule has 2 heterocycles. The van der Waals surface area contributed by atoms with Crippen LogP contribution in [0.25, 0.3) is 0 Å². The molecule has 2 aliphatic heterocycles. The maximum Gasteiger partial charge on any atom is 0.264 e. The molecule has 1 unspecified atom stereocenters. The van der Waals surface area contributed by atoms with Crippen LogP contribution in [-0.2, 0) is 27.7 Å². The van der Waals surface area contributed by atoms with E-state index in [1.165, 1.54) is 40.2 Å². The number of carbonyl (C=O) groups is 2. The van der Waals surface area contributed by atoms with Crippen LogP contribution in [-0.4, -0.2) is 39.9 Å². The van der Waals surface area contributed by atoms with E-state index in [1.807, 2.05) is 24.3 Å². The van der Waals surface area contributed by atoms with Crippen LogP contribution in [0.2, 0.25) is 0 Å². The van der Waals surface area contributed by atoms with Gasteiger partial charge in [0, 0.05) is 25.1 Å². The smallest absolute Gasteiger partial charge is 0.264 e. The van der Waals surface area contributed by atoms with Gasteiger partial charge in [0.25, 0.3) is 15.9 Å². The van der Waals surface area contributed by atoms with E-state index >= 15 is 0 Å². The highest BCUT2D eigenvalue weighted by Crippen LogP contribution is 2.37. The van der Waals surface area contributed by atoms with Crippen LogP contribution in [0.1, 0.15) is 39.5 Å². The minimum Gasteiger partial charge on any atom is -0.493 e. The molecule has 2 aliphatic rings. The van der Waals surface area contributed by atoms with Crippen molar-refractivity contribution in [2.75, 3.05) is 24.0 Å². The Labute approximate surface area is 222 Å². The molecule has 8 nitrogen and oxygen atoms in total. The highest BCUT2D eigenvalue weighted by molar-refractivity contribution is 7.92. The van der Waals surface area contributed by atoms with E-state index in [0.717, 1.165) is 23.3 Å². The van der Waals surface area contributed by atoms with Crippen LogP contribution in [0.4, 0.5) is 5.69 Å². The molecule has 0 saturated carbocycles. The van der Waals surface area contributed by atoms with E-state index in [2.05, 4.69) is 23.3 Å². The first-order valence-corrected chi connectivity index (χ1v) is 14.0. The lowest BCUT2D eigenvalue weighted by Crippen LogP contribution is -2.40. The molecule has 2 N–H and O–H groups in total. The molecule has 2 amide bonds. The number of anilines is 1. The number of nitrogens with one attached hydrogen (secondary N) is 2. The first-order chi connectivity index (χ1) is 18.4. The van der Waals surface area contributed by atoms with E-state index in [4.69, 9.17) is 4.74 Å². The number of carbonyl (C=O) groups excluding carboxylic acids is 2. The molecule has 0 radical (unpaired) electrons. The van der Waals surface area contributed by atoms with Gasteiger partial charge >= 0.3 is 0 Å². The summed E-state index contributed by atoms with van der Waals surface area (Å²) in [5.74, 6) is 0.340. The third-order valence-electron chi connectivity index (χ3n) is 6.88. The molecule has 1 atom stereocenters. The standard InChI is InChI=1S/C29H29N3O5S/c1-2-27(33)31-25-15-18-32(26-9-4-3-8-24(25)26)38(35,36)23-12-10-22(11-13-23)29(34)30-17-14-20-6-5-7-21-16-19-37-28(20)21/h2-13,25H,1,14-19H2,(H,30,34)(H,31,33). The second kappa shape index (κ2) is 10.7. The molecule has 0 aromatic heterocycles. The lowest BCUT2D eigenvalue weighted by Gasteiger charge is -2.35. The Morgan fingerprint density at radius 3 is 2.63 bits per heavy atom. The molecule has 38 heavy (non-hydrogen) atoms. The fraction of sp³-hybridized carbons (Fsp3) is 0.241. The van der Waals surface area contributed by atoms with Crippen LogP contribution in [0.5, 0.6) is 5.75 Å². The third-order valence-corrected chi connectivity index (χ3v) is 8.71. The number of para-hydroxylation sites is 2. The van der Waals surface area contributed by atoms with Crippen molar-refractivity contribution in [3.63, 3.8) is 0 Å². The molecule has 3 aromatic carbocycles. The van der Waals surface area contributed by atoms with Gasteiger partial charge in [-0.15, -0.1) is 0 Å². The van der Waals surface area contributed by atoms with Crippen LogP contribution < -0.4 is 19.7 Å². The number of amides is 2. The zero-order chi connectivity index (χ0) is 26.7. The zero-order valence-corrected chi connectivity index (χ0v) is 21.7. The lowest BCUT2D eigenvalue weighted by atomic mass is 9.98. The summed E-state index contributed by atoms with van der Waals surface area (Å²) in [5, 5.41) is 5.77. The van der Waals surface area contributed by atoms with E-state index in [0.29, 0.717) is 37.2 Å². The van der Waals surface area contributed by atoms with Gasteiger partial charge < -0.3 is 15.4 Å². The van der Waals surface area contributed by atoms with E-state index in [1.54, 1.807) is 12.1 Å². The van der Waals surface area contributed by atoms with Crippen molar-refractivity contribution in [3.8, 4) is 5.75 Å². The number of hydrogen-bond acceptors (Lipinski definition) is 5. The number of fused-ring (bicyclic) bond motifs is 2. The highest BCUT2D eigenvalue weighted by Gasteiger charge is 2.33. The second-order valence-electron chi connectivity index (χ2n) is 9.22. The maximum absolute atomic E-state index is 13.5. The second-order valence-corrected chi connectivity index (χ2v) is 11.1. The van der Waals surface area contributed by atoms with Gasteiger partial charge in [-0.05, 0) is 65.9 Å². The van der Waals surface area contributed by atoms with Gasteiger partial charge in [-0.3, -0.25) is 13.9 Å². The fourth-order valence-electron chi connectivity index (χ4n) is 4.96. The Bertz CT molecular complexity index is 1480. The maximum atomic E-state index is 13.5. The van der Waals surface area contributed by atoms with Gasteiger partial charge in [-0.1, -0.05) is 43.0 Å². The molecular formula is C29H29N3O5S. The Morgan fingerprint density at radius 2 is 1.84 bits per heavy atom. The number of sulfonamides is 1. The number of nitrogens with zero attached hydrogens (tertiary/aromatic N) is 1. The predicted molar refractivity (Wildman–Crippen MR) is 145 cm³/mol. The first-order valence-electron chi connectivity index (χ1n) is 12.5. The SMILES string of the molecule is C=CC(=O)NC1CCN(S(=O)(=O)c2ccc(C(=O)NCCc3cccc4c3OCC4)cc2)c2ccccc21. The van der Waals surface area contributed by atoms with Crippen molar-refractivity contribution < 1.29 is 22.7 Å². The topological polar surface area (TPSA) is 105 Å². The predicted octanol–water partition coefficient (Wildman–Crippen LogP) is 3.54. The average Bonchev–Trinajstić information content (AvgIpc) is 3.43. The fourth-order valence-corrected chi connectivity index (χ4v) is 6.47. The monoisotopic (exact) mass is 531 g/mol. The summed E-state index contributed by atoms with van der Waals surface area (Å²) < 4.78 is 34.2. The summed E-state index contributed by atoms with van der Waals surface area (Å²) in [6.07, 6.45) is 3.17. The molecule has 5 rings (SSSR count). The third kappa shape index (κ3) is 5.02. The number of rotatable bonds is 8. The van der Waals surface area contributed by atoms with Crippen LogP contribution >= 0.6 is 0 Å². The molecule has 0 spiro atoms. The summed E-state index contributed by atoms with van der Waals surface area (Å²) in [7, 11) is -3.88. The Balaban J connectivity index is 1.26. The first kappa shape index (κ1) is 25.5. The van der Waals surface area contributed by atoms with Gasteiger partial charge in [-0.25, -0.2) is 8.42 Å². The molecule has 0 aliphatic carbocycles. The Kier molecular flexibility index (Phi) is 7.20. The minimum atomic E-state index is -3.88. The quantitative estimate of drug-likeness (QED) is 0.433. The average molecular weight is 532 g/mol. The van der Waals surface area contributed by atoms with Crippen molar-refractivity contribution in [2.24, 2.45) is 0 Å². The highest BCUT2D eigenvalue weighted by atomic mass is 32.2. The van der Waals surface area contributed by atoms with E-state index in [-0.39, 0.29) is 29.3 Å². The number of ether oxygens (including phenoxy) is 1. The van der Waals surface area contributed by atoms with Gasteiger partial charge in [0.1, 0.15) is 5.75 Å². The van der Waals surface area contributed by atoms with Crippen LogP contribution in [0.15, 0.2) is 84.3 Å². The van der Waals surface area contributed by atoms with Gasteiger partial charge in [0.05, 0.1) is 23.2 Å². The molecule has 0 bridgehead atoms. The summed E-state index contributed by atoms with van der Waals surface area (Å²) >= 11 is 0. The Hall–Kier alpha value is -4.11. The molecule has 0 saturated heterocycles. The number of hydrogen-bond donors (Lipinski definition) is 2. The summed E-state index contributed by atoms with van der Waals surface area (Å²) in [5.41, 5.74) is 3.88. The van der Waals surface area contributed by atoms with Crippen LogP contribution in [0, 0.1) is 0 Å². The van der Waals surface area contributed by atoms with Gasteiger partial charge in [0.15, 0.2) is 0 Å². The van der Waals surface area contributed by atoms with Gasteiger partial charge in [0.2, 0.25) is 5.91 Å². The van der Waals surface area contributed by atoms with Crippen molar-refractivity contribution in [1.82, 2.24) is 10.6 Å². The Morgan fingerprint density at radius 1 is 1.05 bits per heavy atom. The molecule has 9 heteroatoms. The minimum absolute atomic E-state index is 0.0921. The van der Waals surface area contributed by atoms with E-state index < -0.39 is 10.0 Å². The van der Waals surface area contributed by atoms with Gasteiger partial charge in [-0.2, -0.15) is 0 Å². The van der Waals surface area contributed by atoms with Crippen molar-refractivity contribution in [3.05, 3.63) is 102 Å².